The summed E-state index contributed by atoms with van der Waals surface area (Å²) in [4.78, 5) is 16.1. The number of benzene rings is 1. The van der Waals surface area contributed by atoms with E-state index in [4.69, 9.17) is 25.6 Å². The monoisotopic (exact) mass is 424 g/mol. The highest BCUT2D eigenvalue weighted by atomic mass is 35.5. The molecule has 0 saturated carbocycles. The van der Waals surface area contributed by atoms with Gasteiger partial charge in [0.05, 0.1) is 21.8 Å². The van der Waals surface area contributed by atoms with Gasteiger partial charge < -0.3 is 23.8 Å². The minimum absolute atomic E-state index is 0.404. The number of nitrogens with zero attached hydrogens (tertiary/aromatic N) is 2. The van der Waals surface area contributed by atoms with Crippen LogP contribution in [0.1, 0.15) is 43.6 Å². The molecular formula is C21H34BClN2O4. The summed E-state index contributed by atoms with van der Waals surface area (Å²) in [6, 6.07) is 1.77. The van der Waals surface area contributed by atoms with Crippen LogP contribution in [0.25, 0.3) is 0 Å². The van der Waals surface area contributed by atoms with Crippen LogP contribution in [0.15, 0.2) is 6.07 Å². The normalized spacial score (nSPS) is 18.0. The Morgan fingerprint density at radius 3 is 2.21 bits per heavy atom. The molecule has 8 heteroatoms. The number of hydrogen-bond donors (Lipinski definition) is 0. The van der Waals surface area contributed by atoms with Crippen LogP contribution in [0.4, 0.5) is 0 Å². The number of rotatable bonds is 9. The van der Waals surface area contributed by atoms with Crippen molar-refractivity contribution in [2.24, 2.45) is 0 Å². The van der Waals surface area contributed by atoms with Crippen LogP contribution in [0.5, 0.6) is 5.75 Å². The van der Waals surface area contributed by atoms with E-state index in [0.717, 1.165) is 36.9 Å². The quantitative estimate of drug-likeness (QED) is 0.449. The Balaban J connectivity index is 2.16. The Kier molecular flexibility index (Phi) is 7.79. The van der Waals surface area contributed by atoms with Gasteiger partial charge in [0.25, 0.3) is 0 Å². The summed E-state index contributed by atoms with van der Waals surface area (Å²) in [5.41, 5.74) is 1.02. The molecule has 0 aliphatic carbocycles. The molecule has 29 heavy (non-hydrogen) atoms. The van der Waals surface area contributed by atoms with E-state index in [1.807, 2.05) is 55.8 Å². The predicted molar refractivity (Wildman–Crippen MR) is 119 cm³/mol. The molecule has 162 valence electrons. The molecule has 1 aliphatic rings. The van der Waals surface area contributed by atoms with E-state index in [0.29, 0.717) is 22.9 Å². The lowest BCUT2D eigenvalue weighted by molar-refractivity contribution is 0.00578. The highest BCUT2D eigenvalue weighted by molar-refractivity contribution is 6.63. The summed E-state index contributed by atoms with van der Waals surface area (Å²) < 4.78 is 18.2. The summed E-state index contributed by atoms with van der Waals surface area (Å²) in [5, 5.41) is 0.426. The van der Waals surface area contributed by atoms with Crippen molar-refractivity contribution in [1.29, 1.82) is 0 Å². The fraction of sp³-hybridized carbons (Fsp3) is 0.667. The summed E-state index contributed by atoms with van der Waals surface area (Å²) in [5.74, 6) is 0.417. The zero-order valence-electron chi connectivity index (χ0n) is 19.0. The van der Waals surface area contributed by atoms with E-state index in [-0.39, 0.29) is 0 Å². The lowest BCUT2D eigenvalue weighted by Gasteiger charge is -2.32. The van der Waals surface area contributed by atoms with E-state index >= 15 is 0 Å². The number of aldehydes is 1. The Bertz CT molecular complexity index is 724. The van der Waals surface area contributed by atoms with Crippen LogP contribution >= 0.6 is 11.6 Å². The van der Waals surface area contributed by atoms with Gasteiger partial charge in [-0.1, -0.05) is 11.6 Å². The van der Waals surface area contributed by atoms with E-state index in [9.17, 15) is 4.79 Å². The first-order valence-corrected chi connectivity index (χ1v) is 10.4. The minimum Gasteiger partial charge on any atom is -0.490 e. The summed E-state index contributed by atoms with van der Waals surface area (Å²) in [6.07, 6.45) is 0.769. The number of carbonyl (C=O) groups is 1. The molecular weight excluding hydrogens is 391 g/mol. The standard InChI is InChI=1S/C21H34BClN2O4/c1-15-17(22-28-20(2,3)21(4,5)29-22)13-16(14-26)19(18(15)23)27-12-11-25(8)10-9-24(6)7/h13-14H,9-12H2,1-8H3. The van der Waals surface area contributed by atoms with Crippen LogP contribution in [0, 0.1) is 6.92 Å². The molecule has 1 saturated heterocycles. The van der Waals surface area contributed by atoms with Gasteiger partial charge in [0, 0.05) is 19.6 Å². The van der Waals surface area contributed by atoms with Gasteiger partial charge in [-0.25, -0.2) is 0 Å². The van der Waals surface area contributed by atoms with Crippen molar-refractivity contribution < 1.29 is 18.8 Å². The van der Waals surface area contributed by atoms with Gasteiger partial charge in [-0.05, 0) is 72.9 Å². The zero-order chi connectivity index (χ0) is 22.0. The molecule has 0 N–H and O–H groups in total. The van der Waals surface area contributed by atoms with Crippen molar-refractivity contribution in [3.63, 3.8) is 0 Å². The third-order valence-corrected chi connectivity index (χ3v) is 6.27. The molecule has 2 rings (SSSR count). The molecule has 0 amide bonds. The van der Waals surface area contributed by atoms with Crippen LogP contribution in [-0.4, -0.2) is 81.8 Å². The van der Waals surface area contributed by atoms with Crippen molar-refractivity contribution in [2.75, 3.05) is 47.4 Å². The maximum Gasteiger partial charge on any atom is 0.495 e. The number of ether oxygens (including phenoxy) is 1. The van der Waals surface area contributed by atoms with Gasteiger partial charge in [-0.2, -0.15) is 0 Å². The van der Waals surface area contributed by atoms with Gasteiger partial charge in [-0.15, -0.1) is 0 Å². The lowest BCUT2D eigenvalue weighted by atomic mass is 9.75. The smallest absolute Gasteiger partial charge is 0.490 e. The molecule has 1 aromatic rings. The summed E-state index contributed by atoms with van der Waals surface area (Å²) >= 11 is 6.61. The molecule has 0 radical (unpaired) electrons. The van der Waals surface area contributed by atoms with Crippen LogP contribution in [0.2, 0.25) is 5.02 Å². The second-order valence-corrected chi connectivity index (χ2v) is 9.36. The molecule has 0 aromatic heterocycles. The van der Waals surface area contributed by atoms with Crippen molar-refractivity contribution in [3.8, 4) is 5.75 Å². The number of hydrogen-bond acceptors (Lipinski definition) is 6. The van der Waals surface area contributed by atoms with Crippen molar-refractivity contribution >= 4 is 30.5 Å². The average Bonchev–Trinajstić information content (AvgIpc) is 2.84. The summed E-state index contributed by atoms with van der Waals surface area (Å²) in [7, 11) is 5.56. The molecule has 1 fully saturated rings. The van der Waals surface area contributed by atoms with Gasteiger partial charge in [0.2, 0.25) is 0 Å². The number of carbonyl (C=O) groups excluding carboxylic acids is 1. The van der Waals surface area contributed by atoms with Gasteiger partial charge in [0.15, 0.2) is 6.29 Å². The van der Waals surface area contributed by atoms with Gasteiger partial charge in [0.1, 0.15) is 12.4 Å². The fourth-order valence-corrected chi connectivity index (χ4v) is 3.27. The minimum atomic E-state index is -0.581. The van der Waals surface area contributed by atoms with Crippen LogP contribution in [0.3, 0.4) is 0 Å². The second kappa shape index (κ2) is 9.35. The van der Waals surface area contributed by atoms with E-state index in [1.165, 1.54) is 0 Å². The highest BCUT2D eigenvalue weighted by Gasteiger charge is 2.52. The van der Waals surface area contributed by atoms with Gasteiger partial charge >= 0.3 is 7.12 Å². The molecule has 0 bridgehead atoms. The third-order valence-electron chi connectivity index (χ3n) is 5.82. The van der Waals surface area contributed by atoms with Crippen molar-refractivity contribution in [3.05, 3.63) is 22.2 Å². The average molecular weight is 425 g/mol. The zero-order valence-corrected chi connectivity index (χ0v) is 19.7. The highest BCUT2D eigenvalue weighted by Crippen LogP contribution is 2.38. The van der Waals surface area contributed by atoms with Crippen molar-refractivity contribution in [1.82, 2.24) is 9.80 Å². The van der Waals surface area contributed by atoms with E-state index in [1.54, 1.807) is 6.07 Å². The van der Waals surface area contributed by atoms with Gasteiger partial charge in [-0.3, -0.25) is 4.79 Å². The number of halogens is 1. The molecule has 0 unspecified atom stereocenters. The Labute approximate surface area is 180 Å². The molecule has 0 spiro atoms. The van der Waals surface area contributed by atoms with E-state index < -0.39 is 18.3 Å². The SMILES string of the molecule is Cc1c(B2OC(C)(C)C(C)(C)O2)cc(C=O)c(OCCN(C)CCN(C)C)c1Cl. The van der Waals surface area contributed by atoms with Crippen LogP contribution in [-0.2, 0) is 9.31 Å². The Morgan fingerprint density at radius 1 is 1.10 bits per heavy atom. The maximum absolute atomic E-state index is 11.8. The van der Waals surface area contributed by atoms with Crippen molar-refractivity contribution in [2.45, 2.75) is 45.8 Å². The lowest BCUT2D eigenvalue weighted by Crippen LogP contribution is -2.41. The Hall–Kier alpha value is -1.12. The Morgan fingerprint density at radius 2 is 1.69 bits per heavy atom. The second-order valence-electron chi connectivity index (χ2n) is 8.98. The first kappa shape index (κ1) is 24.2. The van der Waals surface area contributed by atoms with E-state index in [2.05, 4.69) is 9.80 Å². The first-order valence-electron chi connectivity index (χ1n) is 9.99. The topological polar surface area (TPSA) is 51.2 Å². The number of likely N-dealkylation sites (N-methyl/N-ethyl adjacent to an activating group) is 2. The summed E-state index contributed by atoms with van der Waals surface area (Å²) in [6.45, 7) is 13.0. The van der Waals surface area contributed by atoms with Crippen LogP contribution < -0.4 is 10.2 Å². The molecule has 1 heterocycles. The molecule has 6 nitrogen and oxygen atoms in total. The molecule has 0 atom stereocenters. The largest absolute Gasteiger partial charge is 0.495 e. The molecule has 1 aromatic carbocycles. The predicted octanol–water partition coefficient (Wildman–Crippen LogP) is 2.63. The first-order chi connectivity index (χ1) is 13.4. The fourth-order valence-electron chi connectivity index (χ4n) is 3.00. The third kappa shape index (κ3) is 5.53. The maximum atomic E-state index is 11.8. The molecule has 1 aliphatic heterocycles.